The van der Waals surface area contributed by atoms with E-state index < -0.39 is 18.1 Å². The fraction of sp³-hybridized carbons (Fsp3) is 0.846. The number of ketones is 1. The number of piperidine rings is 1. The fourth-order valence-corrected chi connectivity index (χ4v) is 2.27. The molecule has 116 valence electrons. The zero-order valence-electron chi connectivity index (χ0n) is 11.5. The maximum Gasteiger partial charge on any atom is 0.393 e. The summed E-state index contributed by atoms with van der Waals surface area (Å²) in [6.45, 7) is 2.27. The van der Waals surface area contributed by atoms with E-state index in [1.807, 2.05) is 0 Å². The SMILES string of the molecule is CCOC(=O)CCC(=O)CN1CCCC(C(F)(F)F)C1. The van der Waals surface area contributed by atoms with E-state index in [0.717, 1.165) is 0 Å². The molecule has 0 amide bonds. The van der Waals surface area contributed by atoms with E-state index in [-0.39, 0.29) is 44.7 Å². The van der Waals surface area contributed by atoms with Gasteiger partial charge in [0.05, 0.1) is 25.5 Å². The Balaban J connectivity index is 2.33. The zero-order chi connectivity index (χ0) is 15.2. The molecule has 1 heterocycles. The van der Waals surface area contributed by atoms with Crippen LogP contribution in [0.2, 0.25) is 0 Å². The Morgan fingerprint density at radius 2 is 2.00 bits per heavy atom. The van der Waals surface area contributed by atoms with Crippen LogP contribution in [-0.4, -0.2) is 49.1 Å². The van der Waals surface area contributed by atoms with Crippen molar-refractivity contribution < 1.29 is 27.5 Å². The number of alkyl halides is 3. The third-order valence-corrected chi connectivity index (χ3v) is 3.28. The number of carbonyl (C=O) groups is 2. The number of hydrogen-bond donors (Lipinski definition) is 0. The number of carbonyl (C=O) groups excluding carboxylic acids is 2. The highest BCUT2D eigenvalue weighted by molar-refractivity contribution is 5.84. The average Bonchev–Trinajstić information content (AvgIpc) is 2.36. The number of likely N-dealkylation sites (tertiary alicyclic amines) is 1. The normalized spacial score (nSPS) is 20.7. The Kier molecular flexibility index (Phi) is 6.45. The van der Waals surface area contributed by atoms with Gasteiger partial charge in [0.2, 0.25) is 0 Å². The van der Waals surface area contributed by atoms with Crippen molar-refractivity contribution in [1.29, 1.82) is 0 Å². The van der Waals surface area contributed by atoms with Gasteiger partial charge in [-0.25, -0.2) is 0 Å². The van der Waals surface area contributed by atoms with Crippen molar-refractivity contribution >= 4 is 11.8 Å². The standard InChI is InChI=1S/C13H20F3NO3/c1-2-20-12(19)6-5-11(18)9-17-7-3-4-10(8-17)13(14,15)16/h10H,2-9H2,1H3. The fourth-order valence-electron chi connectivity index (χ4n) is 2.27. The highest BCUT2D eigenvalue weighted by Gasteiger charge is 2.41. The van der Waals surface area contributed by atoms with Crippen LogP contribution >= 0.6 is 0 Å². The van der Waals surface area contributed by atoms with E-state index in [1.54, 1.807) is 6.92 Å². The van der Waals surface area contributed by atoms with E-state index in [1.165, 1.54) is 4.90 Å². The largest absolute Gasteiger partial charge is 0.466 e. The number of Topliss-reactive ketones (excluding diaryl/α,β-unsaturated/α-hetero) is 1. The minimum absolute atomic E-state index is 0.0107. The van der Waals surface area contributed by atoms with E-state index >= 15 is 0 Å². The third-order valence-electron chi connectivity index (χ3n) is 3.28. The molecule has 1 fully saturated rings. The van der Waals surface area contributed by atoms with Gasteiger partial charge in [-0.3, -0.25) is 14.5 Å². The molecule has 0 N–H and O–H groups in total. The molecule has 0 radical (unpaired) electrons. The van der Waals surface area contributed by atoms with Gasteiger partial charge in [0.25, 0.3) is 0 Å². The Labute approximate surface area is 116 Å². The molecule has 4 nitrogen and oxygen atoms in total. The predicted molar refractivity (Wildman–Crippen MR) is 66.1 cm³/mol. The smallest absolute Gasteiger partial charge is 0.393 e. The van der Waals surface area contributed by atoms with Crippen LogP contribution in [0.5, 0.6) is 0 Å². The summed E-state index contributed by atoms with van der Waals surface area (Å²) in [5.74, 6) is -2.03. The van der Waals surface area contributed by atoms with Crippen LogP contribution < -0.4 is 0 Å². The van der Waals surface area contributed by atoms with E-state index in [0.29, 0.717) is 13.0 Å². The minimum atomic E-state index is -4.20. The Morgan fingerprint density at radius 3 is 2.60 bits per heavy atom. The van der Waals surface area contributed by atoms with Crippen LogP contribution in [0.3, 0.4) is 0 Å². The molecule has 1 saturated heterocycles. The van der Waals surface area contributed by atoms with Gasteiger partial charge in [-0.05, 0) is 26.3 Å². The number of hydrogen-bond acceptors (Lipinski definition) is 4. The first-order valence-electron chi connectivity index (χ1n) is 6.79. The molecule has 7 heteroatoms. The first-order valence-corrected chi connectivity index (χ1v) is 6.79. The molecule has 0 bridgehead atoms. The summed E-state index contributed by atoms with van der Waals surface area (Å²) in [5.41, 5.74) is 0. The summed E-state index contributed by atoms with van der Waals surface area (Å²) in [7, 11) is 0. The lowest BCUT2D eigenvalue weighted by atomic mass is 9.97. The summed E-state index contributed by atoms with van der Waals surface area (Å²) in [6.07, 6.45) is -3.63. The molecule has 1 aliphatic heterocycles. The van der Waals surface area contributed by atoms with Crippen molar-refractivity contribution in [3.63, 3.8) is 0 Å². The third kappa shape index (κ3) is 5.90. The highest BCUT2D eigenvalue weighted by atomic mass is 19.4. The topological polar surface area (TPSA) is 46.6 Å². The monoisotopic (exact) mass is 295 g/mol. The van der Waals surface area contributed by atoms with Crippen molar-refractivity contribution in [1.82, 2.24) is 4.90 Å². The summed E-state index contributed by atoms with van der Waals surface area (Å²) < 4.78 is 42.5. The molecule has 1 unspecified atom stereocenters. The average molecular weight is 295 g/mol. The van der Waals surface area contributed by atoms with Gasteiger partial charge in [-0.15, -0.1) is 0 Å². The highest BCUT2D eigenvalue weighted by Crippen LogP contribution is 2.32. The molecular weight excluding hydrogens is 275 g/mol. The maximum atomic E-state index is 12.6. The second kappa shape index (κ2) is 7.61. The Morgan fingerprint density at radius 1 is 1.30 bits per heavy atom. The lowest BCUT2D eigenvalue weighted by molar-refractivity contribution is -0.187. The van der Waals surface area contributed by atoms with E-state index in [2.05, 4.69) is 0 Å². The molecule has 0 saturated carbocycles. The molecule has 0 spiro atoms. The summed E-state index contributed by atoms with van der Waals surface area (Å²) >= 11 is 0. The molecule has 0 aromatic rings. The molecule has 1 rings (SSSR count). The van der Waals surface area contributed by atoms with Gasteiger partial charge in [-0.1, -0.05) is 0 Å². The Hall–Kier alpha value is -1.11. The van der Waals surface area contributed by atoms with Gasteiger partial charge in [0, 0.05) is 13.0 Å². The number of ether oxygens (including phenoxy) is 1. The first kappa shape index (κ1) is 16.9. The lowest BCUT2D eigenvalue weighted by Crippen LogP contribution is -2.43. The van der Waals surface area contributed by atoms with Gasteiger partial charge in [0.1, 0.15) is 5.78 Å². The summed E-state index contributed by atoms with van der Waals surface area (Å²) in [6, 6.07) is 0. The van der Waals surface area contributed by atoms with Gasteiger partial charge in [-0.2, -0.15) is 13.2 Å². The molecule has 1 aliphatic rings. The van der Waals surface area contributed by atoms with Crippen LogP contribution in [0, 0.1) is 5.92 Å². The van der Waals surface area contributed by atoms with Crippen LogP contribution in [0.4, 0.5) is 13.2 Å². The second-order valence-electron chi connectivity index (χ2n) is 4.96. The van der Waals surface area contributed by atoms with Crippen LogP contribution in [0.25, 0.3) is 0 Å². The number of halogens is 3. The molecule has 0 aliphatic carbocycles. The van der Waals surface area contributed by atoms with Crippen molar-refractivity contribution in [2.45, 2.75) is 38.8 Å². The lowest BCUT2D eigenvalue weighted by Gasteiger charge is -2.33. The van der Waals surface area contributed by atoms with Crippen molar-refractivity contribution in [3.05, 3.63) is 0 Å². The van der Waals surface area contributed by atoms with Crippen molar-refractivity contribution in [2.24, 2.45) is 5.92 Å². The molecule has 0 aromatic carbocycles. The van der Waals surface area contributed by atoms with Gasteiger partial charge < -0.3 is 4.74 Å². The van der Waals surface area contributed by atoms with Gasteiger partial charge >= 0.3 is 12.1 Å². The molecule has 20 heavy (non-hydrogen) atoms. The van der Waals surface area contributed by atoms with Crippen LogP contribution in [-0.2, 0) is 14.3 Å². The van der Waals surface area contributed by atoms with Gasteiger partial charge in [0.15, 0.2) is 0 Å². The summed E-state index contributed by atoms with van der Waals surface area (Å²) in [5, 5.41) is 0. The van der Waals surface area contributed by atoms with E-state index in [4.69, 9.17) is 4.74 Å². The van der Waals surface area contributed by atoms with Crippen molar-refractivity contribution in [2.75, 3.05) is 26.2 Å². The van der Waals surface area contributed by atoms with Crippen LogP contribution in [0.1, 0.15) is 32.6 Å². The number of nitrogens with zero attached hydrogens (tertiary/aromatic N) is 1. The quantitative estimate of drug-likeness (QED) is 0.705. The minimum Gasteiger partial charge on any atom is -0.466 e. The zero-order valence-corrected chi connectivity index (χ0v) is 11.5. The summed E-state index contributed by atoms with van der Waals surface area (Å²) in [4.78, 5) is 24.3. The predicted octanol–water partition coefficient (Wildman–Crippen LogP) is 2.17. The second-order valence-corrected chi connectivity index (χ2v) is 4.96. The number of esters is 1. The molecule has 0 aromatic heterocycles. The van der Waals surface area contributed by atoms with Crippen molar-refractivity contribution in [3.8, 4) is 0 Å². The van der Waals surface area contributed by atoms with E-state index in [9.17, 15) is 22.8 Å². The maximum absolute atomic E-state index is 12.6. The molecule has 1 atom stereocenters. The Bertz CT molecular complexity index is 344. The first-order chi connectivity index (χ1) is 9.32. The molecular formula is C13H20F3NO3. The number of rotatable bonds is 6. The van der Waals surface area contributed by atoms with Crippen LogP contribution in [0.15, 0.2) is 0 Å².